The van der Waals surface area contributed by atoms with Crippen LogP contribution in [0.1, 0.15) is 53.8 Å². The predicted molar refractivity (Wildman–Crippen MR) is 145 cm³/mol. The number of carbonyl (C=O) groups excluding carboxylic acids is 1. The highest BCUT2D eigenvalue weighted by Gasteiger charge is 2.17. The molecule has 8 heteroatoms. The Hall–Kier alpha value is -3.62. The summed E-state index contributed by atoms with van der Waals surface area (Å²) >= 11 is 0. The molecule has 4 aromatic rings. The first-order valence-corrected chi connectivity index (χ1v) is 13.3. The van der Waals surface area contributed by atoms with Crippen molar-refractivity contribution in [2.75, 3.05) is 31.5 Å². The normalized spacial score (nSPS) is 16.9. The predicted octanol–water partition coefficient (Wildman–Crippen LogP) is 4.85. The summed E-state index contributed by atoms with van der Waals surface area (Å²) in [5.74, 6) is -0.255. The molecular weight excluding hydrogens is 462 g/mol. The summed E-state index contributed by atoms with van der Waals surface area (Å²) < 4.78 is 0. The average molecular weight is 496 g/mol. The first kappa shape index (κ1) is 23.8. The standard InChI is InChI=1S/C29H33N7O/c37-29(32-24-7-8-25(31-18-24)20-36-10-2-1-3-11-36)28-26-15-22(6-9-27(26)33-34-28)23-14-21(16-30-17-23)19-35-12-4-5-13-35/h6-9,14-18H,1-5,10-13,19-20H2,(H,32,37)(H,33,34). The molecule has 0 saturated carbocycles. The Bertz CT molecular complexity index is 1370. The number of H-pyrrole nitrogens is 1. The molecule has 5 heterocycles. The van der Waals surface area contributed by atoms with E-state index in [1.807, 2.05) is 42.7 Å². The summed E-state index contributed by atoms with van der Waals surface area (Å²) in [5.41, 5.74) is 6.15. The fourth-order valence-electron chi connectivity index (χ4n) is 5.43. The van der Waals surface area contributed by atoms with Crippen LogP contribution in [0.2, 0.25) is 0 Å². The number of fused-ring (bicyclic) bond motifs is 1. The van der Waals surface area contributed by atoms with Gasteiger partial charge in [-0.1, -0.05) is 12.5 Å². The molecule has 8 nitrogen and oxygen atoms in total. The number of rotatable bonds is 7. The minimum Gasteiger partial charge on any atom is -0.319 e. The summed E-state index contributed by atoms with van der Waals surface area (Å²) in [6.45, 7) is 6.35. The van der Waals surface area contributed by atoms with Gasteiger partial charge in [0.15, 0.2) is 5.69 Å². The number of anilines is 1. The first-order valence-electron chi connectivity index (χ1n) is 13.3. The number of carbonyl (C=O) groups is 1. The van der Waals surface area contributed by atoms with Gasteiger partial charge in [0.05, 0.1) is 23.1 Å². The zero-order chi connectivity index (χ0) is 25.0. The molecule has 0 atom stereocenters. The van der Waals surface area contributed by atoms with E-state index in [2.05, 4.69) is 41.3 Å². The van der Waals surface area contributed by atoms with Crippen molar-refractivity contribution in [3.05, 3.63) is 71.9 Å². The van der Waals surface area contributed by atoms with Gasteiger partial charge in [0.1, 0.15) is 0 Å². The van der Waals surface area contributed by atoms with Crippen LogP contribution >= 0.6 is 0 Å². The monoisotopic (exact) mass is 495 g/mol. The number of nitrogens with zero attached hydrogens (tertiary/aromatic N) is 5. The van der Waals surface area contributed by atoms with E-state index in [0.29, 0.717) is 11.4 Å². The van der Waals surface area contributed by atoms with Gasteiger partial charge >= 0.3 is 0 Å². The van der Waals surface area contributed by atoms with Gasteiger partial charge in [-0.05, 0) is 93.3 Å². The van der Waals surface area contributed by atoms with Crippen LogP contribution in [0.4, 0.5) is 5.69 Å². The van der Waals surface area contributed by atoms with Gasteiger partial charge in [0.25, 0.3) is 5.91 Å². The molecule has 6 rings (SSSR count). The number of amides is 1. The topological polar surface area (TPSA) is 90.0 Å². The van der Waals surface area contributed by atoms with Crippen LogP contribution in [-0.2, 0) is 13.1 Å². The quantitative estimate of drug-likeness (QED) is 0.381. The number of hydrogen-bond acceptors (Lipinski definition) is 6. The summed E-state index contributed by atoms with van der Waals surface area (Å²) in [6.07, 6.45) is 11.9. The molecule has 2 fully saturated rings. The molecule has 2 aliphatic heterocycles. The van der Waals surface area contributed by atoms with Crippen LogP contribution in [0.3, 0.4) is 0 Å². The van der Waals surface area contributed by atoms with Gasteiger partial charge in [0.2, 0.25) is 0 Å². The lowest BCUT2D eigenvalue weighted by Crippen LogP contribution is -2.29. The van der Waals surface area contributed by atoms with Crippen molar-refractivity contribution in [1.82, 2.24) is 30.0 Å². The second kappa shape index (κ2) is 10.8. The number of likely N-dealkylation sites (tertiary alicyclic amines) is 2. The SMILES string of the molecule is O=C(Nc1ccc(CN2CCCCC2)nc1)c1n[nH]c2ccc(-c3cncc(CN4CCCC4)c3)cc12. The lowest BCUT2D eigenvalue weighted by Gasteiger charge is -2.25. The van der Waals surface area contributed by atoms with E-state index in [-0.39, 0.29) is 5.91 Å². The second-order valence-electron chi connectivity index (χ2n) is 10.2. The van der Waals surface area contributed by atoms with Crippen LogP contribution in [0.5, 0.6) is 0 Å². The number of benzene rings is 1. The number of pyridine rings is 2. The zero-order valence-electron chi connectivity index (χ0n) is 21.1. The van der Waals surface area contributed by atoms with Crippen LogP contribution < -0.4 is 5.32 Å². The zero-order valence-corrected chi connectivity index (χ0v) is 21.1. The van der Waals surface area contributed by atoms with Gasteiger partial charge in [-0.3, -0.25) is 29.7 Å². The smallest absolute Gasteiger partial charge is 0.276 e. The highest BCUT2D eigenvalue weighted by Crippen LogP contribution is 2.27. The first-order chi connectivity index (χ1) is 18.2. The number of aromatic amines is 1. The molecule has 0 radical (unpaired) electrons. The molecule has 3 aromatic heterocycles. The van der Waals surface area contributed by atoms with Gasteiger partial charge in [-0.15, -0.1) is 0 Å². The van der Waals surface area contributed by atoms with Crippen LogP contribution in [0.15, 0.2) is 55.0 Å². The van der Waals surface area contributed by atoms with Crippen LogP contribution in [0, 0.1) is 0 Å². The van der Waals surface area contributed by atoms with Gasteiger partial charge in [-0.2, -0.15) is 5.10 Å². The summed E-state index contributed by atoms with van der Waals surface area (Å²) in [5, 5.41) is 11.1. The van der Waals surface area contributed by atoms with E-state index in [1.54, 1.807) is 6.20 Å². The number of hydrogen-bond donors (Lipinski definition) is 2. The summed E-state index contributed by atoms with van der Waals surface area (Å²) in [6, 6.07) is 12.1. The van der Waals surface area contributed by atoms with Crippen molar-refractivity contribution in [3.8, 4) is 11.1 Å². The lowest BCUT2D eigenvalue weighted by molar-refractivity contribution is 0.102. The molecule has 2 N–H and O–H groups in total. The van der Waals surface area contributed by atoms with Crippen molar-refractivity contribution < 1.29 is 4.79 Å². The van der Waals surface area contributed by atoms with Crippen molar-refractivity contribution in [2.24, 2.45) is 0 Å². The number of nitrogens with one attached hydrogen (secondary N) is 2. The molecule has 37 heavy (non-hydrogen) atoms. The Labute approximate surface area is 217 Å². The molecular formula is C29H33N7O. The second-order valence-corrected chi connectivity index (χ2v) is 10.2. The molecule has 2 saturated heterocycles. The number of aromatic nitrogens is 4. The fraction of sp³-hybridized carbons (Fsp3) is 0.379. The minimum absolute atomic E-state index is 0.255. The molecule has 2 aliphatic rings. The minimum atomic E-state index is -0.255. The molecule has 0 bridgehead atoms. The molecule has 0 unspecified atom stereocenters. The summed E-state index contributed by atoms with van der Waals surface area (Å²) in [4.78, 5) is 27.1. The van der Waals surface area contributed by atoms with E-state index >= 15 is 0 Å². The third-order valence-electron chi connectivity index (χ3n) is 7.43. The molecule has 0 aliphatic carbocycles. The fourth-order valence-corrected chi connectivity index (χ4v) is 5.43. The molecule has 0 spiro atoms. The third-order valence-corrected chi connectivity index (χ3v) is 7.43. The number of piperidine rings is 1. The largest absolute Gasteiger partial charge is 0.319 e. The molecule has 1 aromatic carbocycles. The van der Waals surface area contributed by atoms with Crippen molar-refractivity contribution >= 4 is 22.5 Å². The maximum Gasteiger partial charge on any atom is 0.276 e. The lowest BCUT2D eigenvalue weighted by atomic mass is 10.0. The van der Waals surface area contributed by atoms with E-state index < -0.39 is 0 Å². The Morgan fingerprint density at radius 2 is 1.62 bits per heavy atom. The average Bonchev–Trinajstić information content (AvgIpc) is 3.60. The van der Waals surface area contributed by atoms with Crippen LogP contribution in [-0.4, -0.2) is 62.1 Å². The third kappa shape index (κ3) is 5.55. The van der Waals surface area contributed by atoms with Gasteiger partial charge in [-0.25, -0.2) is 0 Å². The maximum absolute atomic E-state index is 13.1. The van der Waals surface area contributed by atoms with Crippen molar-refractivity contribution in [1.29, 1.82) is 0 Å². The summed E-state index contributed by atoms with van der Waals surface area (Å²) in [7, 11) is 0. The molecule has 190 valence electrons. The van der Waals surface area contributed by atoms with Crippen LogP contribution in [0.25, 0.3) is 22.0 Å². The van der Waals surface area contributed by atoms with Crippen molar-refractivity contribution in [3.63, 3.8) is 0 Å². The Morgan fingerprint density at radius 3 is 2.41 bits per heavy atom. The van der Waals surface area contributed by atoms with E-state index in [1.165, 1.54) is 37.7 Å². The van der Waals surface area contributed by atoms with Gasteiger partial charge < -0.3 is 5.32 Å². The maximum atomic E-state index is 13.1. The van der Waals surface area contributed by atoms with Gasteiger partial charge in [0, 0.05) is 36.4 Å². The highest BCUT2D eigenvalue weighted by molar-refractivity contribution is 6.11. The highest BCUT2D eigenvalue weighted by atomic mass is 16.1. The Kier molecular flexibility index (Phi) is 6.92. The van der Waals surface area contributed by atoms with Crippen molar-refractivity contribution in [2.45, 2.75) is 45.2 Å². The molecule has 1 amide bonds. The van der Waals surface area contributed by atoms with E-state index in [9.17, 15) is 4.79 Å². The Balaban J connectivity index is 1.17. The van der Waals surface area contributed by atoms with E-state index in [4.69, 9.17) is 0 Å². The van der Waals surface area contributed by atoms with E-state index in [0.717, 1.165) is 67.0 Å². The Morgan fingerprint density at radius 1 is 0.838 bits per heavy atom.